The van der Waals surface area contributed by atoms with E-state index in [1.54, 1.807) is 0 Å². The van der Waals surface area contributed by atoms with E-state index < -0.39 is 14.9 Å². The predicted octanol–water partition coefficient (Wildman–Crippen LogP) is -0.592. The molecule has 1 aromatic rings. The van der Waals surface area contributed by atoms with E-state index in [4.69, 9.17) is 0 Å². The third-order valence-corrected chi connectivity index (χ3v) is 3.98. The van der Waals surface area contributed by atoms with Crippen molar-refractivity contribution in [3.63, 3.8) is 0 Å². The van der Waals surface area contributed by atoms with E-state index in [2.05, 4.69) is 4.72 Å². The summed E-state index contributed by atoms with van der Waals surface area (Å²) < 4.78 is 26.2. The maximum Gasteiger partial charge on any atom is 0.269 e. The summed E-state index contributed by atoms with van der Waals surface area (Å²) in [5, 5.41) is 10.5. The van der Waals surface area contributed by atoms with Gasteiger partial charge in [-0.3, -0.25) is 10.1 Å². The molecular weight excluding hydrogens is 270 g/mol. The van der Waals surface area contributed by atoms with Crippen molar-refractivity contribution in [3.8, 4) is 0 Å². The minimum Gasteiger partial charge on any atom is -0.340 e. The monoisotopic (exact) mass is 288 g/mol. The number of rotatable bonds is 7. The Balaban J connectivity index is 2.64. The lowest BCUT2D eigenvalue weighted by Gasteiger charge is -2.08. The molecule has 0 aromatic heterocycles. The highest BCUT2D eigenvalue weighted by Gasteiger charge is 2.15. The Morgan fingerprint density at radius 3 is 2.32 bits per heavy atom. The molecule has 0 saturated carbocycles. The van der Waals surface area contributed by atoms with Gasteiger partial charge in [0.05, 0.1) is 30.5 Å². The Morgan fingerprint density at radius 2 is 1.84 bits per heavy atom. The Labute approximate surface area is 112 Å². The molecule has 8 heteroatoms. The summed E-state index contributed by atoms with van der Waals surface area (Å²) in [6.45, 7) is 1.22. The van der Waals surface area contributed by atoms with Gasteiger partial charge in [-0.15, -0.1) is 0 Å². The van der Waals surface area contributed by atoms with Crippen LogP contribution in [-0.4, -0.2) is 40.5 Å². The van der Waals surface area contributed by atoms with Gasteiger partial charge in [-0.2, -0.15) is 0 Å². The molecule has 19 heavy (non-hydrogen) atoms. The predicted molar refractivity (Wildman–Crippen MR) is 70.6 cm³/mol. The van der Waals surface area contributed by atoms with Crippen molar-refractivity contribution in [1.29, 1.82) is 0 Å². The number of non-ortho nitro benzene ring substituents is 1. The van der Waals surface area contributed by atoms with Gasteiger partial charge < -0.3 is 4.90 Å². The fraction of sp³-hybridized carbons (Fsp3) is 0.455. The van der Waals surface area contributed by atoms with Crippen LogP contribution in [-0.2, 0) is 10.0 Å². The molecule has 0 aliphatic carbocycles. The Bertz CT molecular complexity index is 525. The van der Waals surface area contributed by atoms with Crippen molar-refractivity contribution in [2.75, 3.05) is 27.2 Å². The van der Waals surface area contributed by atoms with Crippen LogP contribution in [0.15, 0.2) is 29.2 Å². The zero-order valence-electron chi connectivity index (χ0n) is 10.9. The molecule has 0 atom stereocenters. The lowest BCUT2D eigenvalue weighted by atomic mass is 10.3. The number of nitrogens with one attached hydrogen (secondary N) is 2. The molecule has 0 aliphatic rings. The van der Waals surface area contributed by atoms with Crippen LogP contribution in [0.25, 0.3) is 0 Å². The molecule has 0 radical (unpaired) electrons. The lowest BCUT2D eigenvalue weighted by molar-refractivity contribution is -0.858. The Kier molecular flexibility index (Phi) is 5.40. The normalized spacial score (nSPS) is 11.7. The average Bonchev–Trinajstić information content (AvgIpc) is 2.34. The molecule has 2 N–H and O–H groups in total. The maximum atomic E-state index is 11.9. The topological polar surface area (TPSA) is 93.8 Å². The van der Waals surface area contributed by atoms with E-state index in [0.717, 1.165) is 13.0 Å². The van der Waals surface area contributed by atoms with Gasteiger partial charge in [-0.1, -0.05) is 0 Å². The molecule has 0 amide bonds. The lowest BCUT2D eigenvalue weighted by Crippen LogP contribution is -3.05. The second-order valence-electron chi connectivity index (χ2n) is 4.46. The zero-order chi connectivity index (χ0) is 14.5. The third-order valence-electron chi connectivity index (χ3n) is 2.50. The van der Waals surface area contributed by atoms with Crippen molar-refractivity contribution in [3.05, 3.63) is 34.4 Å². The molecule has 0 heterocycles. The zero-order valence-corrected chi connectivity index (χ0v) is 11.7. The van der Waals surface area contributed by atoms with Gasteiger partial charge in [0.15, 0.2) is 0 Å². The van der Waals surface area contributed by atoms with Crippen molar-refractivity contribution >= 4 is 15.7 Å². The number of quaternary nitrogens is 1. The summed E-state index contributed by atoms with van der Waals surface area (Å²) >= 11 is 0. The van der Waals surface area contributed by atoms with Crippen molar-refractivity contribution in [1.82, 2.24) is 4.72 Å². The minimum absolute atomic E-state index is 0.0373. The number of benzene rings is 1. The van der Waals surface area contributed by atoms with Crippen LogP contribution < -0.4 is 9.62 Å². The second kappa shape index (κ2) is 6.60. The van der Waals surface area contributed by atoms with E-state index in [0.29, 0.717) is 6.54 Å². The van der Waals surface area contributed by atoms with E-state index >= 15 is 0 Å². The highest BCUT2D eigenvalue weighted by atomic mass is 32.2. The standard InChI is InChI=1S/C11H17N3O4S/c1-13(2)9-3-8-12-19(17,18)11-6-4-10(5-7-11)14(15)16/h4-7,12H,3,8-9H2,1-2H3/p+1. The number of nitro benzene ring substituents is 1. The first-order valence-corrected chi connectivity index (χ1v) is 7.34. The van der Waals surface area contributed by atoms with E-state index in [1.807, 2.05) is 14.1 Å². The molecule has 0 saturated heterocycles. The summed E-state index contributed by atoms with van der Waals surface area (Å²) in [5.41, 5.74) is -0.129. The SMILES string of the molecule is C[NH+](C)CCCNS(=O)(=O)c1ccc([N+](=O)[O-])cc1. The molecule has 0 fully saturated rings. The van der Waals surface area contributed by atoms with Gasteiger partial charge in [0, 0.05) is 25.1 Å². The highest BCUT2D eigenvalue weighted by molar-refractivity contribution is 7.89. The van der Waals surface area contributed by atoms with Crippen molar-refractivity contribution in [2.24, 2.45) is 0 Å². The molecule has 1 aromatic carbocycles. The van der Waals surface area contributed by atoms with Crippen LogP contribution >= 0.6 is 0 Å². The summed E-state index contributed by atoms with van der Waals surface area (Å²) in [6.07, 6.45) is 0.731. The first-order chi connectivity index (χ1) is 8.83. The molecule has 0 bridgehead atoms. The van der Waals surface area contributed by atoms with Crippen LogP contribution in [0.4, 0.5) is 5.69 Å². The fourth-order valence-corrected chi connectivity index (χ4v) is 2.55. The van der Waals surface area contributed by atoms with Crippen molar-refractivity contribution < 1.29 is 18.2 Å². The van der Waals surface area contributed by atoms with Crippen LogP contribution in [0.5, 0.6) is 0 Å². The first-order valence-electron chi connectivity index (χ1n) is 5.86. The molecule has 1 rings (SSSR count). The van der Waals surface area contributed by atoms with Gasteiger partial charge in [0.1, 0.15) is 0 Å². The van der Waals surface area contributed by atoms with Gasteiger partial charge >= 0.3 is 0 Å². The van der Waals surface area contributed by atoms with Crippen LogP contribution in [0.2, 0.25) is 0 Å². The van der Waals surface area contributed by atoms with E-state index in [1.165, 1.54) is 29.2 Å². The quantitative estimate of drug-likeness (QED) is 0.398. The minimum atomic E-state index is -3.58. The summed E-state index contributed by atoms with van der Waals surface area (Å²) in [7, 11) is 0.399. The van der Waals surface area contributed by atoms with Crippen LogP contribution in [0.1, 0.15) is 6.42 Å². The van der Waals surface area contributed by atoms with Gasteiger partial charge in [-0.25, -0.2) is 13.1 Å². The van der Waals surface area contributed by atoms with Gasteiger partial charge in [0.2, 0.25) is 10.0 Å². The molecule has 106 valence electrons. The number of nitrogens with zero attached hydrogens (tertiary/aromatic N) is 1. The molecule has 0 spiro atoms. The van der Waals surface area contributed by atoms with Gasteiger partial charge in [0.25, 0.3) is 5.69 Å². The molecule has 0 aliphatic heterocycles. The van der Waals surface area contributed by atoms with E-state index in [-0.39, 0.29) is 10.6 Å². The Hall–Kier alpha value is -1.51. The first kappa shape index (κ1) is 15.5. The Morgan fingerprint density at radius 1 is 1.26 bits per heavy atom. The molecule has 7 nitrogen and oxygen atoms in total. The van der Waals surface area contributed by atoms with Crippen LogP contribution in [0.3, 0.4) is 0 Å². The summed E-state index contributed by atoms with van der Waals surface area (Å²) in [4.78, 5) is 11.2. The molecular formula is C11H18N3O4S+. The van der Waals surface area contributed by atoms with Gasteiger partial charge in [-0.05, 0) is 12.1 Å². The number of sulfonamides is 1. The number of nitro groups is 1. The van der Waals surface area contributed by atoms with E-state index in [9.17, 15) is 18.5 Å². The molecule has 0 unspecified atom stereocenters. The van der Waals surface area contributed by atoms with Crippen molar-refractivity contribution in [2.45, 2.75) is 11.3 Å². The second-order valence-corrected chi connectivity index (χ2v) is 6.23. The largest absolute Gasteiger partial charge is 0.340 e. The summed E-state index contributed by atoms with van der Waals surface area (Å²) in [5.74, 6) is 0. The fourth-order valence-electron chi connectivity index (χ4n) is 1.48. The smallest absolute Gasteiger partial charge is 0.269 e. The summed E-state index contributed by atoms with van der Waals surface area (Å²) in [6, 6.07) is 4.83. The van der Waals surface area contributed by atoms with Crippen LogP contribution in [0, 0.1) is 10.1 Å². The highest BCUT2D eigenvalue weighted by Crippen LogP contribution is 2.15. The maximum absolute atomic E-state index is 11.9. The number of hydrogen-bond acceptors (Lipinski definition) is 4. The third kappa shape index (κ3) is 4.93. The number of hydrogen-bond donors (Lipinski definition) is 2. The average molecular weight is 288 g/mol.